The molecule has 4 aromatic heterocycles. The summed E-state index contributed by atoms with van der Waals surface area (Å²) in [6.07, 6.45) is 5.15. The molecule has 1 N–H and O–H groups in total. The summed E-state index contributed by atoms with van der Waals surface area (Å²) in [5, 5.41) is 3.09. The molecule has 0 aliphatic carbocycles. The van der Waals surface area contributed by atoms with Crippen LogP contribution in [0.3, 0.4) is 0 Å². The fourth-order valence-corrected chi connectivity index (χ4v) is 4.07. The van der Waals surface area contributed by atoms with E-state index >= 15 is 0 Å². The summed E-state index contributed by atoms with van der Waals surface area (Å²) in [4.78, 5) is 48.9. The Hall–Kier alpha value is -3.75. The van der Waals surface area contributed by atoms with Gasteiger partial charge in [0, 0.05) is 36.8 Å². The van der Waals surface area contributed by atoms with Gasteiger partial charge in [-0.15, -0.1) is 0 Å². The van der Waals surface area contributed by atoms with Gasteiger partial charge in [0.2, 0.25) is 0 Å². The fourth-order valence-electron chi connectivity index (χ4n) is 4.07. The molecule has 152 valence electrons. The minimum atomic E-state index is -0.390. The summed E-state index contributed by atoms with van der Waals surface area (Å²) in [6, 6.07) is 8.28. The maximum absolute atomic E-state index is 13.3. The maximum Gasteiger partial charge on any atom is 0.272 e. The van der Waals surface area contributed by atoms with Crippen molar-refractivity contribution in [3.63, 3.8) is 0 Å². The number of H-pyrrole nitrogens is 1. The smallest absolute Gasteiger partial charge is 0.272 e. The summed E-state index contributed by atoms with van der Waals surface area (Å²) in [6.45, 7) is 2.47. The normalized spacial score (nSPS) is 16.6. The van der Waals surface area contributed by atoms with Gasteiger partial charge in [0.1, 0.15) is 11.2 Å². The first-order chi connectivity index (χ1) is 14.6. The number of fused-ring (bicyclic) bond motifs is 2. The van der Waals surface area contributed by atoms with E-state index in [4.69, 9.17) is 0 Å². The number of likely N-dealkylation sites (tertiary alicyclic amines) is 1. The van der Waals surface area contributed by atoms with Crippen molar-refractivity contribution in [2.45, 2.75) is 32.2 Å². The molecule has 1 amide bonds. The molecule has 0 saturated carbocycles. The van der Waals surface area contributed by atoms with E-state index in [1.54, 1.807) is 29.3 Å². The lowest BCUT2D eigenvalue weighted by Crippen LogP contribution is -2.35. The third-order valence-corrected chi connectivity index (χ3v) is 5.60. The average Bonchev–Trinajstić information content (AvgIpc) is 3.41. The molecule has 1 aliphatic rings. The largest absolute Gasteiger partial charge is 0.330 e. The molecule has 0 aromatic carbocycles. The number of carbonyl (C=O) groups is 1. The maximum atomic E-state index is 13.3. The molecule has 1 aliphatic heterocycles. The van der Waals surface area contributed by atoms with Crippen molar-refractivity contribution in [1.82, 2.24) is 28.9 Å². The molecule has 9 heteroatoms. The molecule has 0 bridgehead atoms. The van der Waals surface area contributed by atoms with Crippen LogP contribution in [-0.2, 0) is 6.42 Å². The molecule has 30 heavy (non-hydrogen) atoms. The van der Waals surface area contributed by atoms with Crippen LogP contribution >= 0.6 is 0 Å². The van der Waals surface area contributed by atoms with Crippen molar-refractivity contribution in [3.05, 3.63) is 80.4 Å². The second-order valence-electron chi connectivity index (χ2n) is 7.41. The van der Waals surface area contributed by atoms with E-state index in [1.807, 2.05) is 13.0 Å². The first-order valence-corrected chi connectivity index (χ1v) is 9.96. The lowest BCUT2D eigenvalue weighted by Gasteiger charge is -2.23. The molecular weight excluding hydrogens is 384 g/mol. The number of carbonyl (C=O) groups excluding carboxylic acids is 1. The molecule has 5 heterocycles. The number of amides is 1. The van der Waals surface area contributed by atoms with Gasteiger partial charge < -0.3 is 4.90 Å². The van der Waals surface area contributed by atoms with Gasteiger partial charge in [-0.05, 0) is 31.4 Å². The summed E-state index contributed by atoms with van der Waals surface area (Å²) in [5.74, 6) is -0.360. The highest BCUT2D eigenvalue weighted by molar-refractivity contribution is 5.94. The quantitative estimate of drug-likeness (QED) is 0.558. The minimum Gasteiger partial charge on any atom is -0.330 e. The summed E-state index contributed by atoms with van der Waals surface area (Å²) >= 11 is 0. The molecule has 0 spiro atoms. The predicted octanol–water partition coefficient (Wildman–Crippen LogP) is 1.57. The molecule has 1 atom stereocenters. The zero-order valence-corrected chi connectivity index (χ0v) is 16.4. The Balaban J connectivity index is 1.54. The van der Waals surface area contributed by atoms with E-state index in [-0.39, 0.29) is 23.1 Å². The number of aryl methyl sites for hydroxylation is 1. The van der Waals surface area contributed by atoms with Crippen LogP contribution in [0.25, 0.3) is 11.3 Å². The monoisotopic (exact) mass is 404 g/mol. The van der Waals surface area contributed by atoms with Crippen LogP contribution in [0, 0.1) is 0 Å². The Bertz CT molecular complexity index is 1400. The van der Waals surface area contributed by atoms with E-state index in [1.165, 1.54) is 21.2 Å². The van der Waals surface area contributed by atoms with Crippen molar-refractivity contribution in [2.75, 3.05) is 6.54 Å². The van der Waals surface area contributed by atoms with Crippen molar-refractivity contribution >= 4 is 17.2 Å². The van der Waals surface area contributed by atoms with E-state index < -0.39 is 5.56 Å². The van der Waals surface area contributed by atoms with Gasteiger partial charge in [0.15, 0.2) is 5.65 Å². The number of hydrogen-bond donors (Lipinski definition) is 1. The number of nitrogens with one attached hydrogen (secondary N) is 1. The van der Waals surface area contributed by atoms with Crippen LogP contribution in [0.5, 0.6) is 0 Å². The van der Waals surface area contributed by atoms with Crippen LogP contribution < -0.4 is 11.1 Å². The van der Waals surface area contributed by atoms with E-state index in [9.17, 15) is 14.4 Å². The molecule has 0 radical (unpaired) electrons. The zero-order chi connectivity index (χ0) is 20.8. The molecule has 1 fully saturated rings. The highest BCUT2D eigenvalue weighted by Gasteiger charge is 2.33. The van der Waals surface area contributed by atoms with E-state index in [2.05, 4.69) is 15.1 Å². The van der Waals surface area contributed by atoms with Crippen molar-refractivity contribution in [3.8, 4) is 0 Å². The van der Waals surface area contributed by atoms with Gasteiger partial charge in [-0.1, -0.05) is 13.0 Å². The number of pyridine rings is 1. The predicted molar refractivity (Wildman–Crippen MR) is 110 cm³/mol. The standard InChI is InChI=1S/C21H20N6O3/c1-2-13-10-19(28)27-18(23-13)11-15(24-27)16-6-5-9-25(16)20(29)14-12-22-17-7-3-4-8-26(17)21(14)30/h3-4,7-8,10-12,16,24H,2,5-6,9H2,1H3. The average molecular weight is 404 g/mol. The van der Waals surface area contributed by atoms with Gasteiger partial charge in [-0.2, -0.15) is 0 Å². The van der Waals surface area contributed by atoms with E-state index in [0.29, 0.717) is 24.3 Å². The van der Waals surface area contributed by atoms with Gasteiger partial charge in [-0.25, -0.2) is 14.5 Å². The summed E-state index contributed by atoms with van der Waals surface area (Å²) < 4.78 is 2.76. The number of aromatic nitrogens is 5. The molecule has 1 saturated heterocycles. The topological polar surface area (TPSA) is 105 Å². The minimum absolute atomic E-state index is 0.0327. The first kappa shape index (κ1) is 18.3. The summed E-state index contributed by atoms with van der Waals surface area (Å²) in [7, 11) is 0. The fraction of sp³-hybridized carbons (Fsp3) is 0.286. The zero-order valence-electron chi connectivity index (χ0n) is 16.4. The van der Waals surface area contributed by atoms with E-state index in [0.717, 1.165) is 24.2 Å². The van der Waals surface area contributed by atoms with Gasteiger partial charge in [0.25, 0.3) is 17.0 Å². The molecule has 9 nitrogen and oxygen atoms in total. The van der Waals surface area contributed by atoms with Crippen LogP contribution in [0.15, 0.2) is 52.3 Å². The highest BCUT2D eigenvalue weighted by atomic mass is 16.2. The molecule has 1 unspecified atom stereocenters. The van der Waals surface area contributed by atoms with Gasteiger partial charge >= 0.3 is 0 Å². The van der Waals surface area contributed by atoms with Gasteiger partial charge in [-0.3, -0.25) is 23.9 Å². The van der Waals surface area contributed by atoms with Gasteiger partial charge in [0.05, 0.1) is 11.7 Å². The van der Waals surface area contributed by atoms with Crippen LogP contribution in [0.4, 0.5) is 0 Å². The first-order valence-electron chi connectivity index (χ1n) is 9.96. The SMILES string of the molecule is CCc1cc(=O)n2[nH]c(C3CCCN3C(=O)c3cnc4ccccn4c3=O)cc2n1. The Morgan fingerprint density at radius 2 is 2.10 bits per heavy atom. The van der Waals surface area contributed by atoms with Crippen molar-refractivity contribution in [2.24, 2.45) is 0 Å². The third kappa shape index (κ3) is 2.81. The number of nitrogens with zero attached hydrogens (tertiary/aromatic N) is 5. The molecule has 5 rings (SSSR count). The Labute approximate surface area is 170 Å². The molecule has 4 aromatic rings. The Kier molecular flexibility index (Phi) is 4.23. The van der Waals surface area contributed by atoms with Crippen molar-refractivity contribution in [1.29, 1.82) is 0 Å². The lowest BCUT2D eigenvalue weighted by molar-refractivity contribution is 0.0730. The van der Waals surface area contributed by atoms with Crippen LogP contribution in [0.2, 0.25) is 0 Å². The Morgan fingerprint density at radius 1 is 1.23 bits per heavy atom. The van der Waals surface area contributed by atoms with Crippen molar-refractivity contribution < 1.29 is 4.79 Å². The number of aromatic amines is 1. The second kappa shape index (κ2) is 6.94. The number of hydrogen-bond acceptors (Lipinski definition) is 5. The molecular formula is C21H20N6O3. The van der Waals surface area contributed by atoms with Crippen LogP contribution in [-0.4, -0.2) is 41.3 Å². The summed E-state index contributed by atoms with van der Waals surface area (Å²) in [5.41, 5.74) is 1.93. The highest BCUT2D eigenvalue weighted by Crippen LogP contribution is 2.32. The third-order valence-electron chi connectivity index (χ3n) is 5.60. The lowest BCUT2D eigenvalue weighted by atomic mass is 10.1. The second-order valence-corrected chi connectivity index (χ2v) is 7.41. The van der Waals surface area contributed by atoms with Crippen LogP contribution in [0.1, 0.15) is 47.6 Å². The Morgan fingerprint density at radius 3 is 2.93 bits per heavy atom. The number of rotatable bonds is 3.